The first-order chi connectivity index (χ1) is 16.3. The second-order valence-corrected chi connectivity index (χ2v) is 10.3. The van der Waals surface area contributed by atoms with Crippen molar-refractivity contribution in [1.82, 2.24) is 0 Å². The maximum atomic E-state index is 14.2. The van der Waals surface area contributed by atoms with Crippen LogP contribution >= 0.6 is 0 Å². The van der Waals surface area contributed by atoms with Gasteiger partial charge in [-0.05, 0) is 97.1 Å². The molecule has 1 fully saturated rings. The average molecular weight is 477 g/mol. The molecule has 0 aromatic heterocycles. The lowest BCUT2D eigenvalue weighted by Gasteiger charge is -2.29. The predicted molar refractivity (Wildman–Crippen MR) is 128 cm³/mol. The third kappa shape index (κ3) is 6.55. The monoisotopic (exact) mass is 476 g/mol. The van der Waals surface area contributed by atoms with Gasteiger partial charge in [-0.25, -0.2) is 4.39 Å². The molecule has 0 N–H and O–H groups in total. The molecular formula is C29H36F4O. The minimum absolute atomic E-state index is 0.259. The number of aryl methyl sites for hydroxylation is 1. The lowest BCUT2D eigenvalue weighted by Crippen LogP contribution is -2.19. The summed E-state index contributed by atoms with van der Waals surface area (Å²) < 4.78 is 55.6. The molecule has 2 aliphatic carbocycles. The summed E-state index contributed by atoms with van der Waals surface area (Å²) >= 11 is 0. The molecule has 0 heterocycles. The first-order valence-electron chi connectivity index (χ1n) is 13.0. The maximum Gasteiger partial charge on any atom is 0.573 e. The molecule has 5 heteroatoms. The largest absolute Gasteiger partial charge is 0.573 e. The van der Waals surface area contributed by atoms with Gasteiger partial charge in [0.1, 0.15) is 0 Å². The number of halogens is 4. The van der Waals surface area contributed by atoms with E-state index in [1.54, 1.807) is 0 Å². The lowest BCUT2D eigenvalue weighted by molar-refractivity contribution is -0.275. The van der Waals surface area contributed by atoms with Crippen LogP contribution in [0.3, 0.4) is 0 Å². The number of unbranched alkanes of at least 4 members (excludes halogenated alkanes) is 3. The Bertz CT molecular complexity index is 926. The van der Waals surface area contributed by atoms with E-state index in [2.05, 4.69) is 35.9 Å². The number of hydrogen-bond acceptors (Lipinski definition) is 1. The van der Waals surface area contributed by atoms with Gasteiger partial charge >= 0.3 is 6.36 Å². The average Bonchev–Trinajstić information content (AvgIpc) is 2.82. The Morgan fingerprint density at radius 3 is 2.15 bits per heavy atom. The number of ether oxygens (including phenoxy) is 1. The van der Waals surface area contributed by atoms with Crippen LogP contribution < -0.4 is 4.74 Å². The molecule has 1 unspecified atom stereocenters. The molecule has 2 aromatic rings. The highest BCUT2D eigenvalue weighted by atomic mass is 19.4. The second kappa shape index (κ2) is 11.1. The van der Waals surface area contributed by atoms with Crippen molar-refractivity contribution in [2.45, 2.75) is 102 Å². The van der Waals surface area contributed by atoms with E-state index in [1.165, 1.54) is 81.0 Å². The van der Waals surface area contributed by atoms with Crippen molar-refractivity contribution >= 4 is 0 Å². The van der Waals surface area contributed by atoms with Crippen LogP contribution in [-0.2, 0) is 12.8 Å². The number of rotatable bonds is 8. The van der Waals surface area contributed by atoms with Crippen LogP contribution in [-0.4, -0.2) is 6.36 Å². The van der Waals surface area contributed by atoms with Gasteiger partial charge < -0.3 is 4.74 Å². The van der Waals surface area contributed by atoms with Crippen LogP contribution in [0, 0.1) is 11.7 Å². The van der Waals surface area contributed by atoms with Crippen molar-refractivity contribution < 1.29 is 22.3 Å². The van der Waals surface area contributed by atoms with Crippen molar-refractivity contribution in [3.8, 4) is 5.75 Å². The fraction of sp³-hybridized carbons (Fsp3) is 0.586. The van der Waals surface area contributed by atoms with Crippen LogP contribution in [0.25, 0.3) is 0 Å². The molecule has 186 valence electrons. The van der Waals surface area contributed by atoms with Gasteiger partial charge in [0.15, 0.2) is 11.6 Å². The summed E-state index contributed by atoms with van der Waals surface area (Å²) in [5, 5.41) is 0. The van der Waals surface area contributed by atoms with Crippen LogP contribution in [0.5, 0.6) is 5.75 Å². The van der Waals surface area contributed by atoms with Crippen molar-refractivity contribution in [2.24, 2.45) is 5.92 Å². The minimum atomic E-state index is -4.89. The molecule has 4 rings (SSSR count). The maximum absolute atomic E-state index is 14.2. The zero-order valence-corrected chi connectivity index (χ0v) is 20.1. The van der Waals surface area contributed by atoms with E-state index in [4.69, 9.17) is 0 Å². The van der Waals surface area contributed by atoms with Crippen molar-refractivity contribution in [1.29, 1.82) is 0 Å². The highest BCUT2D eigenvalue weighted by Crippen LogP contribution is 2.40. The summed E-state index contributed by atoms with van der Waals surface area (Å²) in [6, 6.07) is 11.4. The number of hydrogen-bond donors (Lipinski definition) is 0. The minimum Gasteiger partial charge on any atom is -0.403 e. The summed E-state index contributed by atoms with van der Waals surface area (Å²) in [4.78, 5) is 0. The molecule has 1 saturated carbocycles. The molecule has 0 amide bonds. The smallest absolute Gasteiger partial charge is 0.403 e. The summed E-state index contributed by atoms with van der Waals surface area (Å²) in [5.74, 6) is 0.123. The first kappa shape index (κ1) is 25.1. The molecule has 1 atom stereocenters. The molecule has 1 nitrogen and oxygen atoms in total. The summed E-state index contributed by atoms with van der Waals surface area (Å²) in [6.07, 6.45) is 9.23. The number of fused-ring (bicyclic) bond motifs is 1. The Morgan fingerprint density at radius 1 is 0.824 bits per heavy atom. The van der Waals surface area contributed by atoms with Gasteiger partial charge in [-0.2, -0.15) is 0 Å². The normalized spacial score (nSPS) is 22.9. The Morgan fingerprint density at radius 2 is 1.50 bits per heavy atom. The Kier molecular flexibility index (Phi) is 8.21. The molecule has 34 heavy (non-hydrogen) atoms. The molecule has 2 aromatic carbocycles. The fourth-order valence-corrected chi connectivity index (χ4v) is 5.93. The number of alkyl halides is 3. The molecule has 0 saturated heterocycles. The van der Waals surface area contributed by atoms with Gasteiger partial charge in [-0.1, -0.05) is 63.3 Å². The lowest BCUT2D eigenvalue weighted by atomic mass is 9.76. The van der Waals surface area contributed by atoms with E-state index < -0.39 is 17.9 Å². The summed E-state index contributed by atoms with van der Waals surface area (Å²) in [7, 11) is 0. The zero-order valence-electron chi connectivity index (χ0n) is 20.1. The molecule has 0 bridgehead atoms. The highest BCUT2D eigenvalue weighted by Gasteiger charge is 2.33. The zero-order chi connectivity index (χ0) is 24.1. The second-order valence-electron chi connectivity index (χ2n) is 10.3. The SMILES string of the molecule is CCCCCCC1CCC(c2ccc(C3CCc4cc(OC(F)(F)F)c(F)cc4C3)cc2)CC1. The van der Waals surface area contributed by atoms with E-state index in [1.807, 2.05) is 0 Å². The quantitative estimate of drug-likeness (QED) is 0.272. The predicted octanol–water partition coefficient (Wildman–Crippen LogP) is 9.24. The molecule has 0 aliphatic heterocycles. The molecule has 0 spiro atoms. The van der Waals surface area contributed by atoms with Gasteiger partial charge in [0.25, 0.3) is 0 Å². The van der Waals surface area contributed by atoms with Crippen molar-refractivity contribution in [3.05, 3.63) is 64.5 Å². The summed E-state index contributed by atoms with van der Waals surface area (Å²) in [5.41, 5.74) is 4.18. The third-order valence-electron chi connectivity index (χ3n) is 7.90. The van der Waals surface area contributed by atoms with E-state index in [0.717, 1.165) is 23.5 Å². The van der Waals surface area contributed by atoms with Crippen molar-refractivity contribution in [2.75, 3.05) is 0 Å². The van der Waals surface area contributed by atoms with Crippen molar-refractivity contribution in [3.63, 3.8) is 0 Å². The molecule has 2 aliphatic rings. The Balaban J connectivity index is 1.32. The van der Waals surface area contributed by atoms with Crippen LogP contribution in [0.4, 0.5) is 17.6 Å². The van der Waals surface area contributed by atoms with E-state index in [0.29, 0.717) is 18.8 Å². The standard InChI is InChI=1S/C29H36F4O/c1-2-3-4-5-6-20-7-9-21(10-8-20)22-11-13-23(14-12-22)24-15-16-25-19-28(34-29(31,32)33)27(30)18-26(25)17-24/h11-14,18-21,24H,2-10,15-17H2,1H3. The van der Waals surface area contributed by atoms with Crippen LogP contribution in [0.2, 0.25) is 0 Å². The van der Waals surface area contributed by atoms with Crippen LogP contribution in [0.1, 0.15) is 105 Å². The van der Waals surface area contributed by atoms with E-state index in [9.17, 15) is 17.6 Å². The Labute approximate surface area is 200 Å². The Hall–Kier alpha value is -2.04. The topological polar surface area (TPSA) is 9.23 Å². The van der Waals surface area contributed by atoms with Gasteiger partial charge in [0, 0.05) is 0 Å². The highest BCUT2D eigenvalue weighted by molar-refractivity contribution is 5.41. The van der Waals surface area contributed by atoms with Gasteiger partial charge in [0.2, 0.25) is 0 Å². The van der Waals surface area contributed by atoms with Crippen LogP contribution in [0.15, 0.2) is 36.4 Å². The summed E-state index contributed by atoms with van der Waals surface area (Å²) in [6.45, 7) is 2.26. The fourth-order valence-electron chi connectivity index (χ4n) is 5.93. The van der Waals surface area contributed by atoms with E-state index >= 15 is 0 Å². The van der Waals surface area contributed by atoms with Gasteiger partial charge in [0.05, 0.1) is 0 Å². The van der Waals surface area contributed by atoms with Gasteiger partial charge in [-0.3, -0.25) is 0 Å². The van der Waals surface area contributed by atoms with Gasteiger partial charge in [-0.15, -0.1) is 13.2 Å². The molecule has 0 radical (unpaired) electrons. The third-order valence-corrected chi connectivity index (χ3v) is 7.90. The first-order valence-corrected chi connectivity index (χ1v) is 13.0. The molecular weight excluding hydrogens is 440 g/mol. The number of benzene rings is 2. The van der Waals surface area contributed by atoms with E-state index in [-0.39, 0.29) is 5.92 Å².